The summed E-state index contributed by atoms with van der Waals surface area (Å²) in [7, 11) is 0. The van der Waals surface area contributed by atoms with Gasteiger partial charge in [0.2, 0.25) is 0 Å². The molecule has 0 aromatic heterocycles. The van der Waals surface area contributed by atoms with Crippen LogP contribution in [-0.4, -0.2) is 23.7 Å². The molecule has 3 rings (SSSR count). The lowest BCUT2D eigenvalue weighted by atomic mass is 9.79. The maximum atomic E-state index is 11.4. The van der Waals surface area contributed by atoms with Crippen LogP contribution in [0.4, 0.5) is 5.69 Å². The van der Waals surface area contributed by atoms with E-state index in [1.165, 1.54) is 0 Å². The third-order valence-corrected chi connectivity index (χ3v) is 3.92. The number of carboxylic acid groups (broad SMARTS) is 1. The van der Waals surface area contributed by atoms with Crippen LogP contribution in [0.2, 0.25) is 0 Å². The van der Waals surface area contributed by atoms with Gasteiger partial charge < -0.3 is 15.2 Å². The number of rotatable bonds is 3. The van der Waals surface area contributed by atoms with E-state index in [1.807, 2.05) is 19.1 Å². The van der Waals surface area contributed by atoms with Crippen molar-refractivity contribution in [3.05, 3.63) is 35.9 Å². The van der Waals surface area contributed by atoms with Gasteiger partial charge in [-0.3, -0.25) is 0 Å². The lowest BCUT2D eigenvalue weighted by Gasteiger charge is -2.35. The Balaban J connectivity index is 2.07. The molecule has 4 nitrogen and oxygen atoms in total. The van der Waals surface area contributed by atoms with Crippen molar-refractivity contribution >= 4 is 11.7 Å². The number of ether oxygens (including phenoxy) is 1. The highest BCUT2D eigenvalue weighted by Gasteiger charge is 2.41. The van der Waals surface area contributed by atoms with Gasteiger partial charge in [-0.15, -0.1) is 0 Å². The summed E-state index contributed by atoms with van der Waals surface area (Å²) in [6, 6.07) is 5.35. The Morgan fingerprint density at radius 1 is 1.53 bits per heavy atom. The molecule has 2 aliphatic rings. The van der Waals surface area contributed by atoms with E-state index in [0.29, 0.717) is 6.61 Å². The Morgan fingerprint density at radius 2 is 2.37 bits per heavy atom. The number of hydrogen-bond acceptors (Lipinski definition) is 3. The third kappa shape index (κ3) is 1.87. The summed E-state index contributed by atoms with van der Waals surface area (Å²) >= 11 is 0. The maximum absolute atomic E-state index is 11.4. The van der Waals surface area contributed by atoms with Crippen molar-refractivity contribution in [2.45, 2.75) is 25.3 Å². The van der Waals surface area contributed by atoms with Gasteiger partial charge in [0.15, 0.2) is 0 Å². The number of carboxylic acids is 1. The van der Waals surface area contributed by atoms with Crippen molar-refractivity contribution in [3.63, 3.8) is 0 Å². The Morgan fingerprint density at radius 3 is 3.11 bits per heavy atom. The predicted octanol–water partition coefficient (Wildman–Crippen LogP) is 2.62. The molecule has 1 heterocycles. The summed E-state index contributed by atoms with van der Waals surface area (Å²) in [6.07, 6.45) is 5.01. The van der Waals surface area contributed by atoms with Gasteiger partial charge >= 0.3 is 5.97 Å². The van der Waals surface area contributed by atoms with E-state index in [2.05, 4.69) is 23.5 Å². The van der Waals surface area contributed by atoms with Gasteiger partial charge in [0.05, 0.1) is 12.3 Å². The van der Waals surface area contributed by atoms with Crippen molar-refractivity contribution in [2.75, 3.05) is 11.9 Å². The van der Waals surface area contributed by atoms with Crippen LogP contribution in [0.3, 0.4) is 0 Å². The van der Waals surface area contributed by atoms with Gasteiger partial charge in [-0.2, -0.15) is 0 Å². The van der Waals surface area contributed by atoms with Crippen LogP contribution in [-0.2, 0) is 4.79 Å². The summed E-state index contributed by atoms with van der Waals surface area (Å²) in [5.41, 5.74) is 1.98. The molecule has 2 N–H and O–H groups in total. The fourth-order valence-corrected chi connectivity index (χ4v) is 3.11. The second-order valence-corrected chi connectivity index (χ2v) is 4.97. The molecule has 0 fully saturated rings. The van der Waals surface area contributed by atoms with Crippen molar-refractivity contribution < 1.29 is 14.6 Å². The second-order valence-electron chi connectivity index (χ2n) is 4.97. The number of para-hydroxylation sites is 1. The van der Waals surface area contributed by atoms with E-state index in [1.54, 1.807) is 0 Å². The van der Waals surface area contributed by atoms with E-state index in [9.17, 15) is 9.90 Å². The minimum atomic E-state index is -0.796. The predicted molar refractivity (Wildman–Crippen MR) is 72.6 cm³/mol. The number of aliphatic carboxylic acids is 1. The molecule has 0 spiro atoms. The van der Waals surface area contributed by atoms with Gasteiger partial charge in [-0.25, -0.2) is 4.79 Å². The lowest BCUT2D eigenvalue weighted by molar-refractivity contribution is -0.139. The maximum Gasteiger partial charge on any atom is 0.326 e. The van der Waals surface area contributed by atoms with E-state index >= 15 is 0 Å². The van der Waals surface area contributed by atoms with Gasteiger partial charge in [-0.1, -0.05) is 24.3 Å². The zero-order valence-corrected chi connectivity index (χ0v) is 10.8. The first-order valence-electron chi connectivity index (χ1n) is 6.64. The molecule has 1 aromatic rings. The number of allylic oxidation sites excluding steroid dienone is 2. The van der Waals surface area contributed by atoms with E-state index in [0.717, 1.165) is 23.4 Å². The number of carbonyl (C=O) groups is 1. The smallest absolute Gasteiger partial charge is 0.326 e. The summed E-state index contributed by atoms with van der Waals surface area (Å²) in [5.74, 6) is 0.222. The quantitative estimate of drug-likeness (QED) is 0.819. The first kappa shape index (κ1) is 12.1. The van der Waals surface area contributed by atoms with Gasteiger partial charge in [0.25, 0.3) is 0 Å². The van der Waals surface area contributed by atoms with Crippen molar-refractivity contribution in [1.82, 2.24) is 0 Å². The highest BCUT2D eigenvalue weighted by Crippen LogP contribution is 2.47. The number of anilines is 1. The van der Waals surface area contributed by atoms with Crippen LogP contribution in [0.15, 0.2) is 30.4 Å². The monoisotopic (exact) mass is 259 g/mol. The number of nitrogens with one attached hydrogen (secondary N) is 1. The first-order chi connectivity index (χ1) is 9.22. The molecule has 4 heteroatoms. The van der Waals surface area contributed by atoms with Crippen LogP contribution < -0.4 is 10.1 Å². The fourth-order valence-electron chi connectivity index (χ4n) is 3.11. The molecule has 3 atom stereocenters. The summed E-state index contributed by atoms with van der Waals surface area (Å²) < 4.78 is 5.60. The molecule has 0 saturated carbocycles. The molecule has 0 bridgehead atoms. The molecule has 100 valence electrons. The number of benzene rings is 1. The molecule has 0 saturated heterocycles. The van der Waals surface area contributed by atoms with E-state index in [-0.39, 0.29) is 11.8 Å². The highest BCUT2D eigenvalue weighted by molar-refractivity contribution is 5.82. The van der Waals surface area contributed by atoms with Crippen LogP contribution in [0.25, 0.3) is 0 Å². The molecular formula is C15H17NO3. The first-order valence-corrected chi connectivity index (χ1v) is 6.64. The van der Waals surface area contributed by atoms with Crippen LogP contribution >= 0.6 is 0 Å². The zero-order chi connectivity index (χ0) is 13.4. The topological polar surface area (TPSA) is 58.6 Å². The molecule has 1 aliphatic heterocycles. The zero-order valence-electron chi connectivity index (χ0n) is 10.8. The van der Waals surface area contributed by atoms with Crippen LogP contribution in [0.5, 0.6) is 5.75 Å². The van der Waals surface area contributed by atoms with Gasteiger partial charge in [0, 0.05) is 11.8 Å². The molecular weight excluding hydrogens is 242 g/mol. The Labute approximate surface area is 112 Å². The molecule has 1 aromatic carbocycles. The average molecular weight is 259 g/mol. The average Bonchev–Trinajstić information content (AvgIpc) is 2.87. The third-order valence-electron chi connectivity index (χ3n) is 3.92. The van der Waals surface area contributed by atoms with E-state index < -0.39 is 12.0 Å². The SMILES string of the molecule is CCOc1cccc2c1N[C@@H](C(=O)O)[C@@H]1CC=C[C@H]21. The largest absolute Gasteiger partial charge is 0.492 e. The summed E-state index contributed by atoms with van der Waals surface area (Å²) in [4.78, 5) is 11.4. The summed E-state index contributed by atoms with van der Waals surface area (Å²) in [5, 5.41) is 12.6. The normalized spacial score (nSPS) is 27.3. The fraction of sp³-hybridized carbons (Fsp3) is 0.400. The van der Waals surface area contributed by atoms with Crippen LogP contribution in [0, 0.1) is 5.92 Å². The Kier molecular flexibility index (Phi) is 2.93. The van der Waals surface area contributed by atoms with Crippen LogP contribution in [0.1, 0.15) is 24.8 Å². The molecule has 0 amide bonds. The lowest BCUT2D eigenvalue weighted by Crippen LogP contribution is -2.41. The van der Waals surface area contributed by atoms with Crippen molar-refractivity contribution in [2.24, 2.45) is 5.92 Å². The minimum Gasteiger partial charge on any atom is -0.492 e. The van der Waals surface area contributed by atoms with Gasteiger partial charge in [-0.05, 0) is 25.0 Å². The molecule has 0 radical (unpaired) electrons. The number of fused-ring (bicyclic) bond motifs is 3. The minimum absolute atomic E-state index is 0.0990. The van der Waals surface area contributed by atoms with Crippen molar-refractivity contribution in [1.29, 1.82) is 0 Å². The molecule has 1 aliphatic carbocycles. The van der Waals surface area contributed by atoms with Gasteiger partial charge in [0.1, 0.15) is 11.8 Å². The molecule has 0 unspecified atom stereocenters. The Bertz CT molecular complexity index is 538. The molecule has 19 heavy (non-hydrogen) atoms. The summed E-state index contributed by atoms with van der Waals surface area (Å²) in [6.45, 7) is 2.50. The second kappa shape index (κ2) is 4.61. The standard InChI is InChI=1S/C15H17NO3/c1-2-19-12-8-4-7-10-9-5-3-6-11(9)14(15(17)18)16-13(10)12/h3-5,7-9,11,14,16H,2,6H2,1H3,(H,17,18)/t9-,11-,14-/m1/s1. The van der Waals surface area contributed by atoms with Crippen molar-refractivity contribution in [3.8, 4) is 5.75 Å². The Hall–Kier alpha value is -1.97. The number of hydrogen-bond donors (Lipinski definition) is 2. The highest BCUT2D eigenvalue weighted by atomic mass is 16.5. The van der Waals surface area contributed by atoms with E-state index in [4.69, 9.17) is 4.74 Å².